The van der Waals surface area contributed by atoms with Crippen molar-refractivity contribution in [2.45, 2.75) is 38.1 Å². The summed E-state index contributed by atoms with van der Waals surface area (Å²) in [4.78, 5) is 4.01. The number of rotatable bonds is 2. The molecule has 0 aliphatic heterocycles. The Morgan fingerprint density at radius 3 is 2.55 bits per heavy atom. The molecule has 4 nitrogen and oxygen atoms in total. The molecule has 0 fully saturated rings. The van der Waals surface area contributed by atoms with Crippen LogP contribution in [0.3, 0.4) is 0 Å². The van der Waals surface area contributed by atoms with Crippen LogP contribution in [0.2, 0.25) is 0 Å². The summed E-state index contributed by atoms with van der Waals surface area (Å²) >= 11 is 0. The molecule has 0 saturated carbocycles. The molecule has 3 aromatic rings. The third kappa shape index (κ3) is 3.22. The van der Waals surface area contributed by atoms with E-state index >= 15 is 0 Å². The third-order valence-electron chi connectivity index (χ3n) is 6.60. The number of hydrogen-bond donors (Lipinski definition) is 3. The molecule has 7 heteroatoms. The summed E-state index contributed by atoms with van der Waals surface area (Å²) < 4.78 is 44.6. The summed E-state index contributed by atoms with van der Waals surface area (Å²) in [5, 5.41) is 25.9. The number of phenols is 1. The van der Waals surface area contributed by atoms with Gasteiger partial charge in [0.1, 0.15) is 5.75 Å². The van der Waals surface area contributed by atoms with Gasteiger partial charge in [0.25, 0.3) is 0 Å². The van der Waals surface area contributed by atoms with Crippen LogP contribution >= 0.6 is 0 Å². The van der Waals surface area contributed by atoms with Gasteiger partial charge in [0.2, 0.25) is 5.60 Å². The van der Waals surface area contributed by atoms with Gasteiger partial charge in [-0.25, -0.2) is 0 Å². The van der Waals surface area contributed by atoms with Crippen molar-refractivity contribution < 1.29 is 23.4 Å². The highest BCUT2D eigenvalue weighted by Gasteiger charge is 2.64. The number of nitrogens with zero attached hydrogens (tertiary/aromatic N) is 1. The van der Waals surface area contributed by atoms with E-state index in [4.69, 9.17) is 0 Å². The van der Waals surface area contributed by atoms with Crippen LogP contribution in [0.5, 0.6) is 5.75 Å². The number of halogens is 3. The topological polar surface area (TPSA) is 65.4 Å². The Hall–Kier alpha value is -3.32. The van der Waals surface area contributed by atoms with E-state index in [-0.39, 0.29) is 23.3 Å². The molecule has 1 heterocycles. The van der Waals surface area contributed by atoms with E-state index < -0.39 is 23.2 Å². The predicted octanol–water partition coefficient (Wildman–Crippen LogP) is 6.14. The fraction of sp³-hybridized carbons (Fsp3) is 0.269. The molecule has 0 bridgehead atoms. The van der Waals surface area contributed by atoms with Crippen molar-refractivity contribution in [3.05, 3.63) is 83.7 Å². The Balaban J connectivity index is 1.88. The van der Waals surface area contributed by atoms with Crippen molar-refractivity contribution in [1.29, 1.82) is 0 Å². The minimum absolute atomic E-state index is 0.0360. The maximum Gasteiger partial charge on any atom is 0.423 e. The van der Waals surface area contributed by atoms with Crippen LogP contribution in [0.1, 0.15) is 37.4 Å². The molecule has 1 aromatic heterocycles. The number of phenolic OH excluding ortho intramolecular Hbond substituents is 1. The monoisotopic (exact) mass is 452 g/mol. The third-order valence-corrected chi connectivity index (χ3v) is 6.60. The molecule has 0 saturated heterocycles. The van der Waals surface area contributed by atoms with Crippen molar-refractivity contribution in [1.82, 2.24) is 4.98 Å². The first-order chi connectivity index (χ1) is 15.5. The van der Waals surface area contributed by atoms with Crippen LogP contribution in [-0.4, -0.2) is 27.0 Å². The number of fused-ring (bicyclic) bond motifs is 4. The molecule has 0 radical (unpaired) electrons. The zero-order valence-corrected chi connectivity index (χ0v) is 18.1. The molecular weight excluding hydrogens is 429 g/mol. The molecule has 0 amide bonds. The number of benzene rings is 2. The van der Waals surface area contributed by atoms with Crippen molar-refractivity contribution in [2.75, 3.05) is 5.32 Å². The maximum absolute atomic E-state index is 14.9. The standard InChI is InChI=1S/C26H23F3N2O2/c1-24(2)11-10-16-19-9-8-17-18(6-3-7-21(17)32)22(19)23(31-15-5-4-12-30-14-15)25(33,20(16)13-24)26(27,28)29/h3-12,14,23,31-33H,13H2,1-2H3. The molecule has 170 valence electrons. The second-order valence-electron chi connectivity index (χ2n) is 9.37. The summed E-state index contributed by atoms with van der Waals surface area (Å²) in [6.07, 6.45) is 1.60. The van der Waals surface area contributed by atoms with Crippen LogP contribution in [0.25, 0.3) is 16.3 Å². The van der Waals surface area contributed by atoms with E-state index in [1.807, 2.05) is 19.9 Å². The van der Waals surface area contributed by atoms with Crippen molar-refractivity contribution in [3.63, 3.8) is 0 Å². The van der Waals surface area contributed by atoms with Gasteiger partial charge in [0.15, 0.2) is 0 Å². The highest BCUT2D eigenvalue weighted by atomic mass is 19.4. The molecular formula is C26H23F3N2O2. The van der Waals surface area contributed by atoms with E-state index in [1.54, 1.807) is 42.5 Å². The highest BCUT2D eigenvalue weighted by Crippen LogP contribution is 2.58. The quantitative estimate of drug-likeness (QED) is 0.437. The smallest absolute Gasteiger partial charge is 0.423 e. The number of nitrogens with one attached hydrogen (secondary N) is 1. The first kappa shape index (κ1) is 21.5. The average molecular weight is 452 g/mol. The normalized spacial score (nSPS) is 23.9. The molecule has 3 N–H and O–H groups in total. The SMILES string of the molecule is CC1(C)C=CC2=C(C1)C(O)(C(F)(F)F)C(Nc1cccnc1)c1c2ccc2c(O)cccc12. The molecule has 0 spiro atoms. The fourth-order valence-corrected chi connectivity index (χ4v) is 5.03. The van der Waals surface area contributed by atoms with Gasteiger partial charge in [-0.15, -0.1) is 0 Å². The predicted molar refractivity (Wildman–Crippen MR) is 122 cm³/mol. The minimum atomic E-state index is -4.97. The molecule has 33 heavy (non-hydrogen) atoms. The Morgan fingerprint density at radius 1 is 1.06 bits per heavy atom. The summed E-state index contributed by atoms with van der Waals surface area (Å²) in [6, 6.07) is 9.86. The lowest BCUT2D eigenvalue weighted by Gasteiger charge is -2.48. The molecule has 2 atom stereocenters. The fourth-order valence-electron chi connectivity index (χ4n) is 5.03. The number of aliphatic hydroxyl groups is 1. The van der Waals surface area contributed by atoms with E-state index in [2.05, 4.69) is 10.3 Å². The lowest BCUT2D eigenvalue weighted by Crippen LogP contribution is -2.56. The van der Waals surface area contributed by atoms with Crippen molar-refractivity contribution in [3.8, 4) is 5.75 Å². The summed E-state index contributed by atoms with van der Waals surface area (Å²) in [6.45, 7) is 3.70. The van der Waals surface area contributed by atoms with Gasteiger partial charge in [0.05, 0.1) is 11.7 Å². The molecule has 2 aromatic carbocycles. The number of alkyl halides is 3. The van der Waals surface area contributed by atoms with E-state index in [0.29, 0.717) is 27.6 Å². The summed E-state index contributed by atoms with van der Waals surface area (Å²) in [5.74, 6) is -0.0360. The van der Waals surface area contributed by atoms with Gasteiger partial charge < -0.3 is 15.5 Å². The molecule has 2 aliphatic rings. The van der Waals surface area contributed by atoms with E-state index in [1.165, 1.54) is 18.5 Å². The lowest BCUT2D eigenvalue weighted by atomic mass is 9.64. The van der Waals surface area contributed by atoms with E-state index in [0.717, 1.165) is 0 Å². The van der Waals surface area contributed by atoms with Crippen LogP contribution in [0, 0.1) is 5.41 Å². The number of anilines is 1. The summed E-state index contributed by atoms with van der Waals surface area (Å²) in [7, 11) is 0. The highest BCUT2D eigenvalue weighted by molar-refractivity contribution is 5.98. The second-order valence-corrected chi connectivity index (χ2v) is 9.37. The number of aromatic nitrogens is 1. The number of aromatic hydroxyl groups is 1. The van der Waals surface area contributed by atoms with Gasteiger partial charge >= 0.3 is 6.18 Å². The maximum atomic E-state index is 14.9. The first-order valence-electron chi connectivity index (χ1n) is 10.7. The first-order valence-corrected chi connectivity index (χ1v) is 10.7. The molecule has 5 rings (SSSR count). The van der Waals surface area contributed by atoms with Gasteiger partial charge in [-0.1, -0.05) is 50.3 Å². The Morgan fingerprint density at radius 2 is 1.85 bits per heavy atom. The molecule has 2 unspecified atom stereocenters. The van der Waals surface area contributed by atoms with Gasteiger partial charge in [0, 0.05) is 17.8 Å². The van der Waals surface area contributed by atoms with Crippen molar-refractivity contribution in [2.24, 2.45) is 5.41 Å². The van der Waals surface area contributed by atoms with Crippen LogP contribution in [0.4, 0.5) is 18.9 Å². The van der Waals surface area contributed by atoms with Crippen LogP contribution in [-0.2, 0) is 0 Å². The average Bonchev–Trinajstić information content (AvgIpc) is 2.76. The Labute approximate surface area is 189 Å². The number of allylic oxidation sites excluding steroid dienone is 3. The van der Waals surface area contributed by atoms with Crippen LogP contribution in [0.15, 0.2) is 72.6 Å². The van der Waals surface area contributed by atoms with Crippen LogP contribution < -0.4 is 5.32 Å². The Kier molecular flexibility index (Phi) is 4.62. The lowest BCUT2D eigenvalue weighted by molar-refractivity contribution is -0.251. The largest absolute Gasteiger partial charge is 0.507 e. The summed E-state index contributed by atoms with van der Waals surface area (Å²) in [5.41, 5.74) is -2.17. The number of hydrogen-bond acceptors (Lipinski definition) is 4. The van der Waals surface area contributed by atoms with Gasteiger partial charge in [-0.2, -0.15) is 13.2 Å². The van der Waals surface area contributed by atoms with Gasteiger partial charge in [-0.05, 0) is 57.7 Å². The zero-order valence-electron chi connectivity index (χ0n) is 18.1. The van der Waals surface area contributed by atoms with Crippen molar-refractivity contribution >= 4 is 22.0 Å². The Bertz CT molecular complexity index is 1310. The van der Waals surface area contributed by atoms with E-state index in [9.17, 15) is 23.4 Å². The number of pyridine rings is 1. The second kappa shape index (κ2) is 7.09. The van der Waals surface area contributed by atoms with Gasteiger partial charge in [-0.3, -0.25) is 4.98 Å². The zero-order chi connectivity index (χ0) is 23.6. The minimum Gasteiger partial charge on any atom is -0.507 e. The molecule has 2 aliphatic carbocycles.